The molecular weight excluding hydrogens is 366 g/mol. The lowest BCUT2D eigenvalue weighted by molar-refractivity contribution is -0.0456. The number of hydrogen-bond donors (Lipinski definition) is 1. The van der Waals surface area contributed by atoms with Gasteiger partial charge < -0.3 is 15.4 Å². The molecule has 1 aliphatic carbocycles. The van der Waals surface area contributed by atoms with Crippen LogP contribution < -0.4 is 10.6 Å². The molecule has 1 aliphatic heterocycles. The van der Waals surface area contributed by atoms with Gasteiger partial charge in [-0.05, 0) is 30.5 Å². The van der Waals surface area contributed by atoms with Crippen LogP contribution >= 0.6 is 0 Å². The second-order valence-electron chi connectivity index (χ2n) is 8.10. The Balaban J connectivity index is 1.71. The SMILES string of the molecule is CN(C)c1ncc(-c2cccc(C(N)=O)c2)c([C@@H]2CN(C3CCCC3)CCO2)n1. The molecule has 1 amide bonds. The number of hydrogen-bond acceptors (Lipinski definition) is 6. The second-order valence-corrected chi connectivity index (χ2v) is 8.10. The molecule has 4 rings (SSSR count). The van der Waals surface area contributed by atoms with Gasteiger partial charge in [-0.2, -0.15) is 0 Å². The lowest BCUT2D eigenvalue weighted by atomic mass is 9.99. The van der Waals surface area contributed by atoms with Gasteiger partial charge in [0.05, 0.1) is 12.3 Å². The maximum Gasteiger partial charge on any atom is 0.248 e. The predicted octanol–water partition coefficient (Wildman–Crippen LogP) is 2.62. The topological polar surface area (TPSA) is 84.6 Å². The van der Waals surface area contributed by atoms with Crippen molar-refractivity contribution in [2.75, 3.05) is 38.7 Å². The van der Waals surface area contributed by atoms with Gasteiger partial charge in [-0.3, -0.25) is 9.69 Å². The number of rotatable bonds is 5. The van der Waals surface area contributed by atoms with Gasteiger partial charge in [0.2, 0.25) is 11.9 Å². The van der Waals surface area contributed by atoms with E-state index in [0.29, 0.717) is 24.2 Å². The smallest absolute Gasteiger partial charge is 0.248 e. The number of aromatic nitrogens is 2. The van der Waals surface area contributed by atoms with Crippen LogP contribution in [0.3, 0.4) is 0 Å². The van der Waals surface area contributed by atoms with Crippen LogP contribution in [0, 0.1) is 0 Å². The zero-order chi connectivity index (χ0) is 20.4. The monoisotopic (exact) mass is 395 g/mol. The fourth-order valence-electron chi connectivity index (χ4n) is 4.34. The van der Waals surface area contributed by atoms with Crippen LogP contribution in [0.25, 0.3) is 11.1 Å². The molecule has 2 heterocycles. The first-order valence-corrected chi connectivity index (χ1v) is 10.3. The number of carbonyl (C=O) groups is 1. The molecule has 1 saturated carbocycles. The molecule has 0 unspecified atom stereocenters. The van der Waals surface area contributed by atoms with E-state index in [4.69, 9.17) is 15.5 Å². The summed E-state index contributed by atoms with van der Waals surface area (Å²) in [6.45, 7) is 2.50. The van der Waals surface area contributed by atoms with Gasteiger partial charge >= 0.3 is 0 Å². The normalized spacial score (nSPS) is 20.7. The summed E-state index contributed by atoms with van der Waals surface area (Å²) in [4.78, 5) is 25.5. The largest absolute Gasteiger partial charge is 0.369 e. The Bertz CT molecular complexity index is 879. The Morgan fingerprint density at radius 2 is 2.07 bits per heavy atom. The third kappa shape index (κ3) is 4.26. The van der Waals surface area contributed by atoms with Crippen molar-refractivity contribution in [3.05, 3.63) is 41.7 Å². The zero-order valence-electron chi connectivity index (χ0n) is 17.2. The molecule has 0 radical (unpaired) electrons. The minimum absolute atomic E-state index is 0.127. The summed E-state index contributed by atoms with van der Waals surface area (Å²) in [6.07, 6.45) is 6.88. The van der Waals surface area contributed by atoms with Crippen LogP contribution in [0.4, 0.5) is 5.95 Å². The molecule has 154 valence electrons. The number of nitrogens with zero attached hydrogens (tertiary/aromatic N) is 4. The standard InChI is InChI=1S/C22H29N5O2/c1-26(2)22-24-13-18(15-6-5-7-16(12-15)21(23)28)20(25-22)19-14-27(10-11-29-19)17-8-3-4-9-17/h5-7,12-13,17,19H,3-4,8-11,14H2,1-2H3,(H2,23,28)/t19-/m0/s1. The number of amides is 1. The fraction of sp³-hybridized carbons (Fsp3) is 0.500. The molecule has 1 aromatic carbocycles. The molecule has 7 nitrogen and oxygen atoms in total. The number of anilines is 1. The molecule has 2 fully saturated rings. The molecule has 0 bridgehead atoms. The van der Waals surface area contributed by atoms with Gasteiger partial charge in [0, 0.05) is 50.6 Å². The summed E-state index contributed by atoms with van der Waals surface area (Å²) >= 11 is 0. The Labute approximate surface area is 171 Å². The Kier molecular flexibility index (Phi) is 5.78. The van der Waals surface area contributed by atoms with Crippen LogP contribution in [0.15, 0.2) is 30.5 Å². The highest BCUT2D eigenvalue weighted by molar-refractivity contribution is 5.94. The maximum atomic E-state index is 11.7. The summed E-state index contributed by atoms with van der Waals surface area (Å²) in [5.41, 5.74) is 8.59. The van der Waals surface area contributed by atoms with E-state index < -0.39 is 5.91 Å². The molecule has 0 spiro atoms. The van der Waals surface area contributed by atoms with Crippen molar-refractivity contribution >= 4 is 11.9 Å². The lowest BCUT2D eigenvalue weighted by Crippen LogP contribution is -2.44. The van der Waals surface area contributed by atoms with E-state index >= 15 is 0 Å². The van der Waals surface area contributed by atoms with Crippen LogP contribution in [0.5, 0.6) is 0 Å². The van der Waals surface area contributed by atoms with Crippen molar-refractivity contribution in [3.8, 4) is 11.1 Å². The lowest BCUT2D eigenvalue weighted by Gasteiger charge is -2.37. The van der Waals surface area contributed by atoms with E-state index in [9.17, 15) is 4.79 Å². The first-order chi connectivity index (χ1) is 14.0. The van der Waals surface area contributed by atoms with Crippen LogP contribution in [0.1, 0.15) is 47.8 Å². The highest BCUT2D eigenvalue weighted by Gasteiger charge is 2.31. The van der Waals surface area contributed by atoms with E-state index in [1.807, 2.05) is 37.3 Å². The molecule has 1 aromatic heterocycles. The molecule has 2 N–H and O–H groups in total. The first-order valence-electron chi connectivity index (χ1n) is 10.3. The summed E-state index contributed by atoms with van der Waals surface area (Å²) < 4.78 is 6.19. The van der Waals surface area contributed by atoms with Crippen LogP contribution in [0.2, 0.25) is 0 Å². The molecule has 1 atom stereocenters. The number of carbonyl (C=O) groups excluding carboxylic acids is 1. The van der Waals surface area contributed by atoms with Gasteiger partial charge in [0.1, 0.15) is 6.10 Å². The fourth-order valence-corrected chi connectivity index (χ4v) is 4.34. The quantitative estimate of drug-likeness (QED) is 0.838. The number of nitrogens with two attached hydrogens (primary N) is 1. The third-order valence-corrected chi connectivity index (χ3v) is 5.91. The number of ether oxygens (including phenoxy) is 1. The molecule has 2 aliphatic rings. The van der Waals surface area contributed by atoms with E-state index in [1.165, 1.54) is 25.7 Å². The third-order valence-electron chi connectivity index (χ3n) is 5.91. The van der Waals surface area contributed by atoms with Gasteiger partial charge in [0.25, 0.3) is 0 Å². The molecule has 7 heteroatoms. The summed E-state index contributed by atoms with van der Waals surface area (Å²) in [5, 5.41) is 0. The maximum absolute atomic E-state index is 11.7. The minimum Gasteiger partial charge on any atom is -0.369 e. The van der Waals surface area contributed by atoms with Crippen molar-refractivity contribution in [3.63, 3.8) is 0 Å². The summed E-state index contributed by atoms with van der Waals surface area (Å²) in [6, 6.07) is 7.97. The molecule has 1 saturated heterocycles. The van der Waals surface area contributed by atoms with Crippen LogP contribution in [-0.2, 0) is 4.74 Å². The summed E-state index contributed by atoms with van der Waals surface area (Å²) in [5.74, 6) is 0.206. The van der Waals surface area contributed by atoms with Crippen molar-refractivity contribution < 1.29 is 9.53 Å². The average Bonchev–Trinajstić information content (AvgIpc) is 3.28. The average molecular weight is 396 g/mol. The number of morpholine rings is 1. The molecule has 29 heavy (non-hydrogen) atoms. The summed E-state index contributed by atoms with van der Waals surface area (Å²) in [7, 11) is 3.86. The minimum atomic E-state index is -0.444. The van der Waals surface area contributed by atoms with Gasteiger partial charge in [0.15, 0.2) is 0 Å². The van der Waals surface area contributed by atoms with E-state index in [1.54, 1.807) is 12.1 Å². The number of benzene rings is 1. The Morgan fingerprint density at radius 1 is 1.28 bits per heavy atom. The van der Waals surface area contributed by atoms with Gasteiger partial charge in [-0.25, -0.2) is 9.97 Å². The Hall–Kier alpha value is -2.51. The van der Waals surface area contributed by atoms with Crippen molar-refractivity contribution in [1.82, 2.24) is 14.9 Å². The van der Waals surface area contributed by atoms with E-state index in [2.05, 4.69) is 9.88 Å². The molecular formula is C22H29N5O2. The predicted molar refractivity (Wildman–Crippen MR) is 113 cm³/mol. The van der Waals surface area contributed by atoms with Crippen molar-refractivity contribution in [2.45, 2.75) is 37.8 Å². The number of primary amides is 1. The van der Waals surface area contributed by atoms with Crippen molar-refractivity contribution in [1.29, 1.82) is 0 Å². The first kappa shape index (κ1) is 19.8. The van der Waals surface area contributed by atoms with E-state index in [0.717, 1.165) is 29.9 Å². The van der Waals surface area contributed by atoms with E-state index in [-0.39, 0.29) is 6.10 Å². The zero-order valence-corrected chi connectivity index (χ0v) is 17.2. The highest BCUT2D eigenvalue weighted by atomic mass is 16.5. The van der Waals surface area contributed by atoms with Gasteiger partial charge in [-0.15, -0.1) is 0 Å². The molecule has 2 aromatic rings. The van der Waals surface area contributed by atoms with Crippen molar-refractivity contribution in [2.24, 2.45) is 5.73 Å². The Morgan fingerprint density at radius 3 is 2.79 bits per heavy atom. The highest BCUT2D eigenvalue weighted by Crippen LogP contribution is 2.34. The van der Waals surface area contributed by atoms with Crippen LogP contribution in [-0.4, -0.2) is 60.6 Å². The van der Waals surface area contributed by atoms with Gasteiger partial charge in [-0.1, -0.05) is 25.0 Å². The second kappa shape index (κ2) is 8.47.